The molecule has 0 aromatic heterocycles. The Hall–Kier alpha value is -2.58. The Bertz CT molecular complexity index is 992. The molecule has 7 nitrogen and oxygen atoms in total. The van der Waals surface area contributed by atoms with Crippen LogP contribution < -0.4 is 9.61 Å². The van der Waals surface area contributed by atoms with Crippen molar-refractivity contribution >= 4 is 16.1 Å². The largest absolute Gasteiger partial charge is 0.453 e. The number of fused-ring (bicyclic) bond motifs is 5. The Morgan fingerprint density at radius 2 is 1.96 bits per heavy atom. The molecule has 1 saturated heterocycles. The normalized spacial score (nSPS) is 21.8. The SMILES string of the molecule is CCS(=O)(=O)NC1CCN2C(=O)OOc3ccccc3-c3cccc(c3)CC12. The van der Waals surface area contributed by atoms with E-state index in [1.165, 1.54) is 0 Å². The maximum atomic E-state index is 12.7. The Morgan fingerprint density at radius 1 is 1.14 bits per heavy atom. The second kappa shape index (κ2) is 7.44. The lowest BCUT2D eigenvalue weighted by Crippen LogP contribution is -2.48. The van der Waals surface area contributed by atoms with Gasteiger partial charge in [0.25, 0.3) is 0 Å². The Morgan fingerprint density at radius 3 is 2.79 bits per heavy atom. The Kier molecular flexibility index (Phi) is 4.99. The molecule has 0 radical (unpaired) electrons. The highest BCUT2D eigenvalue weighted by molar-refractivity contribution is 7.89. The van der Waals surface area contributed by atoms with Gasteiger partial charge in [-0.2, -0.15) is 0 Å². The minimum absolute atomic E-state index is 0.00538. The van der Waals surface area contributed by atoms with Crippen LogP contribution in [0.4, 0.5) is 4.79 Å². The molecular weight excluding hydrogens is 380 g/mol. The molecule has 0 saturated carbocycles. The molecule has 0 aliphatic carbocycles. The van der Waals surface area contributed by atoms with Gasteiger partial charge in [-0.1, -0.05) is 42.5 Å². The minimum Gasteiger partial charge on any atom is -0.300 e. The Labute approximate surface area is 164 Å². The van der Waals surface area contributed by atoms with Crippen LogP contribution in [0.25, 0.3) is 11.1 Å². The summed E-state index contributed by atoms with van der Waals surface area (Å²) in [5.41, 5.74) is 2.78. The summed E-state index contributed by atoms with van der Waals surface area (Å²) in [5, 5.41) is 0. The minimum atomic E-state index is -3.39. The van der Waals surface area contributed by atoms with E-state index in [0.717, 1.165) is 16.7 Å². The molecule has 8 heteroatoms. The average Bonchev–Trinajstić information content (AvgIpc) is 3.07. The van der Waals surface area contributed by atoms with E-state index in [0.29, 0.717) is 25.1 Å². The Balaban J connectivity index is 1.72. The third-order valence-corrected chi connectivity index (χ3v) is 6.69. The standard InChI is InChI=1S/C20H22N2O5S/c1-2-28(24,25)21-17-10-11-22-18(17)13-14-6-5-7-15(12-14)16-8-3-4-9-19(16)26-27-20(22)23/h3-9,12,17-18,21H,2,10-11,13H2,1H3. The monoisotopic (exact) mass is 402 g/mol. The molecule has 2 bridgehead atoms. The first-order valence-electron chi connectivity index (χ1n) is 9.30. The number of rotatable bonds is 3. The van der Waals surface area contributed by atoms with Crippen molar-refractivity contribution in [2.24, 2.45) is 0 Å². The summed E-state index contributed by atoms with van der Waals surface area (Å²) in [6.07, 6.45) is 0.421. The fourth-order valence-corrected chi connectivity index (χ4v) is 4.70. The molecule has 4 rings (SSSR count). The van der Waals surface area contributed by atoms with Crippen molar-refractivity contribution in [2.75, 3.05) is 12.3 Å². The average molecular weight is 402 g/mol. The summed E-state index contributed by atoms with van der Waals surface area (Å²) in [6.45, 7) is 1.99. The van der Waals surface area contributed by atoms with Gasteiger partial charge in [-0.05, 0) is 37.0 Å². The molecule has 2 aromatic rings. The maximum Gasteiger partial charge on any atom is 0.453 e. The predicted octanol–water partition coefficient (Wildman–Crippen LogP) is 2.72. The van der Waals surface area contributed by atoms with Gasteiger partial charge in [-0.25, -0.2) is 22.8 Å². The highest BCUT2D eigenvalue weighted by Gasteiger charge is 2.40. The van der Waals surface area contributed by atoms with Crippen molar-refractivity contribution in [3.8, 4) is 16.9 Å². The van der Waals surface area contributed by atoms with E-state index in [1.54, 1.807) is 17.9 Å². The number of hydrogen-bond acceptors (Lipinski definition) is 5. The molecule has 1 N–H and O–H groups in total. The molecule has 0 spiro atoms. The third kappa shape index (κ3) is 3.70. The zero-order chi connectivity index (χ0) is 19.7. The summed E-state index contributed by atoms with van der Waals surface area (Å²) in [5.74, 6) is 0.447. The van der Waals surface area contributed by atoms with E-state index < -0.39 is 16.1 Å². The van der Waals surface area contributed by atoms with Crippen LogP contribution in [0.3, 0.4) is 0 Å². The van der Waals surface area contributed by atoms with Crippen LogP contribution in [0.2, 0.25) is 0 Å². The zero-order valence-corrected chi connectivity index (χ0v) is 16.3. The summed E-state index contributed by atoms with van der Waals surface area (Å²) < 4.78 is 26.9. The summed E-state index contributed by atoms with van der Waals surface area (Å²) in [4.78, 5) is 24.7. The number of sulfonamides is 1. The van der Waals surface area contributed by atoms with E-state index in [4.69, 9.17) is 9.78 Å². The summed E-state index contributed by atoms with van der Waals surface area (Å²) in [6, 6.07) is 14.6. The highest BCUT2D eigenvalue weighted by atomic mass is 32.2. The van der Waals surface area contributed by atoms with Gasteiger partial charge in [0.2, 0.25) is 10.0 Å². The molecule has 2 unspecified atom stereocenters. The fourth-order valence-electron chi connectivity index (χ4n) is 3.80. The van der Waals surface area contributed by atoms with Gasteiger partial charge >= 0.3 is 6.09 Å². The van der Waals surface area contributed by atoms with Gasteiger partial charge in [0.15, 0.2) is 5.75 Å². The number of para-hydroxylation sites is 1. The first-order chi connectivity index (χ1) is 13.5. The van der Waals surface area contributed by atoms with E-state index in [1.807, 2.05) is 42.5 Å². The second-order valence-corrected chi connectivity index (χ2v) is 9.05. The van der Waals surface area contributed by atoms with Gasteiger partial charge < -0.3 is 4.90 Å². The van der Waals surface area contributed by atoms with Crippen molar-refractivity contribution in [1.29, 1.82) is 0 Å². The molecule has 1 amide bonds. The van der Waals surface area contributed by atoms with E-state index in [2.05, 4.69) is 4.72 Å². The van der Waals surface area contributed by atoms with Gasteiger partial charge in [-0.3, -0.25) is 4.89 Å². The first kappa shape index (κ1) is 18.8. The summed E-state index contributed by atoms with van der Waals surface area (Å²) in [7, 11) is -3.39. The highest BCUT2D eigenvalue weighted by Crippen LogP contribution is 2.33. The molecule has 2 aliphatic heterocycles. The summed E-state index contributed by atoms with van der Waals surface area (Å²) >= 11 is 0. The van der Waals surface area contributed by atoms with Crippen LogP contribution in [0.15, 0.2) is 48.5 Å². The molecule has 2 atom stereocenters. The van der Waals surface area contributed by atoms with Gasteiger partial charge in [0.1, 0.15) is 0 Å². The second-order valence-electron chi connectivity index (χ2n) is 7.01. The fraction of sp³-hybridized carbons (Fsp3) is 0.350. The molecule has 2 aliphatic rings. The van der Waals surface area contributed by atoms with Gasteiger partial charge in [0, 0.05) is 18.2 Å². The van der Waals surface area contributed by atoms with Crippen LogP contribution in [0, 0.1) is 0 Å². The number of benzene rings is 2. The lowest BCUT2D eigenvalue weighted by Gasteiger charge is -2.27. The van der Waals surface area contributed by atoms with Crippen LogP contribution in [-0.2, 0) is 21.3 Å². The van der Waals surface area contributed by atoms with Crippen molar-refractivity contribution in [2.45, 2.75) is 31.8 Å². The van der Waals surface area contributed by atoms with E-state index in [-0.39, 0.29) is 17.8 Å². The third-order valence-electron chi connectivity index (χ3n) is 5.26. The smallest absolute Gasteiger partial charge is 0.300 e. The van der Waals surface area contributed by atoms with Crippen LogP contribution in [0.5, 0.6) is 5.75 Å². The van der Waals surface area contributed by atoms with Crippen LogP contribution in [0.1, 0.15) is 18.9 Å². The van der Waals surface area contributed by atoms with Crippen molar-refractivity contribution < 1.29 is 23.0 Å². The van der Waals surface area contributed by atoms with Crippen molar-refractivity contribution in [1.82, 2.24) is 9.62 Å². The topological polar surface area (TPSA) is 84.9 Å². The number of carbonyl (C=O) groups excluding carboxylic acids is 1. The van der Waals surface area contributed by atoms with E-state index in [9.17, 15) is 13.2 Å². The molecule has 148 valence electrons. The number of carbonyl (C=O) groups is 1. The number of nitrogens with zero attached hydrogens (tertiary/aromatic N) is 1. The lowest BCUT2D eigenvalue weighted by molar-refractivity contribution is -0.154. The van der Waals surface area contributed by atoms with Crippen molar-refractivity contribution in [3.05, 3.63) is 54.1 Å². The van der Waals surface area contributed by atoms with Crippen molar-refractivity contribution in [3.63, 3.8) is 0 Å². The zero-order valence-electron chi connectivity index (χ0n) is 15.5. The number of amides is 1. The molecular formula is C20H22N2O5S. The number of hydrogen-bond donors (Lipinski definition) is 1. The van der Waals surface area contributed by atoms with Crippen LogP contribution >= 0.6 is 0 Å². The number of nitrogens with one attached hydrogen (secondary N) is 1. The van der Waals surface area contributed by atoms with E-state index >= 15 is 0 Å². The first-order valence-corrected chi connectivity index (χ1v) is 11.0. The van der Waals surface area contributed by atoms with Gasteiger partial charge in [-0.15, -0.1) is 0 Å². The lowest BCUT2D eigenvalue weighted by atomic mass is 9.96. The predicted molar refractivity (Wildman–Crippen MR) is 104 cm³/mol. The quantitative estimate of drug-likeness (QED) is 0.798. The molecule has 2 heterocycles. The van der Waals surface area contributed by atoms with Gasteiger partial charge in [0.05, 0.1) is 11.8 Å². The molecule has 2 aromatic carbocycles. The maximum absolute atomic E-state index is 12.7. The van der Waals surface area contributed by atoms with Crippen LogP contribution in [-0.4, -0.2) is 43.8 Å². The molecule has 28 heavy (non-hydrogen) atoms. The molecule has 1 fully saturated rings.